The summed E-state index contributed by atoms with van der Waals surface area (Å²) in [5.74, 6) is -3.78. The Morgan fingerprint density at radius 2 is 1.40 bits per heavy atom. The molecular weight excluding hydrogens is 419 g/mol. The minimum atomic E-state index is -4.79. The van der Waals surface area contributed by atoms with Gasteiger partial charge in [0.25, 0.3) is 0 Å². The summed E-state index contributed by atoms with van der Waals surface area (Å²) >= 11 is 0. The second kappa shape index (κ2) is 8.37. The lowest BCUT2D eigenvalue weighted by Crippen LogP contribution is -2.60. The number of benzene rings is 2. The Kier molecular flexibility index (Phi) is 6.65. The van der Waals surface area contributed by atoms with Crippen molar-refractivity contribution in [2.24, 2.45) is 22.5 Å². The molecule has 0 aromatic heterocycles. The molecule has 0 fully saturated rings. The normalized spacial score (nSPS) is 15.6. The first-order valence-corrected chi connectivity index (χ1v) is 10.6. The van der Waals surface area contributed by atoms with Gasteiger partial charge >= 0.3 is 6.18 Å². The lowest BCUT2D eigenvalue weighted by Gasteiger charge is -2.37. The van der Waals surface area contributed by atoms with Crippen LogP contribution in [0.3, 0.4) is 0 Å². The largest absolute Gasteiger partial charge is 0.398 e. The van der Waals surface area contributed by atoms with Gasteiger partial charge in [-0.05, 0) is 41.2 Å². The zero-order valence-corrected chi connectivity index (χ0v) is 17.3. The van der Waals surface area contributed by atoms with Crippen molar-refractivity contribution in [3.63, 3.8) is 0 Å². The Morgan fingerprint density at radius 3 is 1.73 bits per heavy atom. The molecule has 1 amide bonds. The van der Waals surface area contributed by atoms with Crippen molar-refractivity contribution in [3.8, 4) is 11.1 Å². The number of alkyl halides is 3. The maximum atomic E-state index is 13.9. The molecule has 0 bridgehead atoms. The minimum absolute atomic E-state index is 0.0805. The third-order valence-corrected chi connectivity index (χ3v) is 5.74. The lowest BCUT2D eigenvalue weighted by molar-refractivity contribution is -0.172. The van der Waals surface area contributed by atoms with E-state index in [4.69, 9.17) is 16.6 Å². The summed E-state index contributed by atoms with van der Waals surface area (Å²) in [6.07, 6.45) is -5.03. The van der Waals surface area contributed by atoms with Crippen LogP contribution in [0.25, 0.3) is 11.1 Å². The van der Waals surface area contributed by atoms with E-state index in [9.17, 15) is 26.4 Å². The molecule has 2 aromatic rings. The second-order valence-electron chi connectivity index (χ2n) is 7.67. The average Bonchev–Trinajstić information content (AvgIpc) is 2.60. The molecule has 2 aromatic carbocycles. The highest BCUT2D eigenvalue weighted by Crippen LogP contribution is 2.44. The van der Waals surface area contributed by atoms with Crippen LogP contribution in [-0.4, -0.2) is 26.0 Å². The molecular formula is C20H24F3N3O3S. The van der Waals surface area contributed by atoms with Gasteiger partial charge in [0.05, 0.1) is 4.90 Å². The van der Waals surface area contributed by atoms with Crippen molar-refractivity contribution in [2.45, 2.75) is 42.8 Å². The Balaban J connectivity index is 2.47. The van der Waals surface area contributed by atoms with Crippen molar-refractivity contribution < 1.29 is 26.4 Å². The van der Waals surface area contributed by atoms with Crippen LogP contribution in [-0.2, 0) is 14.8 Å². The molecule has 6 nitrogen and oxygen atoms in total. The van der Waals surface area contributed by atoms with Gasteiger partial charge < -0.3 is 11.5 Å². The molecule has 0 heterocycles. The standard InChI is InChI=1S/C20H24F3N3O3S/c1-12(2)11-19(25,18(24)27)17(20(21,22)23)15-5-3-13(4-6-15)14-7-9-16(10-8-14)30(26,28)29/h3-10,12,17H,11,25H2,1-2H3,(H2,24,27)(H2,26,28,29)/t17-,19?/m0/s1. The minimum Gasteiger partial charge on any atom is -0.368 e. The van der Waals surface area contributed by atoms with Gasteiger partial charge in [-0.3, -0.25) is 4.79 Å². The number of nitrogens with two attached hydrogens (primary N) is 3. The molecule has 0 aliphatic heterocycles. The third kappa shape index (κ3) is 5.18. The zero-order valence-electron chi connectivity index (χ0n) is 16.5. The van der Waals surface area contributed by atoms with Crippen molar-refractivity contribution >= 4 is 15.9 Å². The summed E-state index contributed by atoms with van der Waals surface area (Å²) in [6, 6.07) is 11.0. The smallest absolute Gasteiger partial charge is 0.368 e. The van der Waals surface area contributed by atoms with Crippen LogP contribution in [0.4, 0.5) is 13.2 Å². The summed E-state index contributed by atoms with van der Waals surface area (Å²) in [5, 5.41) is 5.05. The fourth-order valence-electron chi connectivity index (χ4n) is 3.52. The van der Waals surface area contributed by atoms with Crippen molar-refractivity contribution in [1.82, 2.24) is 0 Å². The van der Waals surface area contributed by atoms with Gasteiger partial charge in [-0.1, -0.05) is 50.2 Å². The van der Waals surface area contributed by atoms with E-state index in [1.54, 1.807) is 13.8 Å². The van der Waals surface area contributed by atoms with Gasteiger partial charge in [0.15, 0.2) is 0 Å². The molecule has 10 heteroatoms. The number of carbonyl (C=O) groups is 1. The zero-order chi connectivity index (χ0) is 22.9. The number of amides is 1. The van der Waals surface area contributed by atoms with Crippen LogP contribution >= 0.6 is 0 Å². The van der Waals surface area contributed by atoms with E-state index >= 15 is 0 Å². The highest BCUT2D eigenvalue weighted by molar-refractivity contribution is 7.89. The van der Waals surface area contributed by atoms with E-state index in [2.05, 4.69) is 0 Å². The molecule has 30 heavy (non-hydrogen) atoms. The topological polar surface area (TPSA) is 129 Å². The fraction of sp³-hybridized carbons (Fsp3) is 0.350. The lowest BCUT2D eigenvalue weighted by atomic mass is 9.74. The maximum Gasteiger partial charge on any atom is 0.398 e. The summed E-state index contributed by atoms with van der Waals surface area (Å²) in [7, 11) is -3.85. The molecule has 2 rings (SSSR count). The summed E-state index contributed by atoms with van der Waals surface area (Å²) in [6.45, 7) is 3.32. The highest BCUT2D eigenvalue weighted by atomic mass is 32.2. The van der Waals surface area contributed by atoms with Crippen LogP contribution in [0.2, 0.25) is 0 Å². The van der Waals surface area contributed by atoms with Crippen LogP contribution in [0.1, 0.15) is 31.7 Å². The predicted molar refractivity (Wildman–Crippen MR) is 108 cm³/mol. The molecule has 0 aliphatic rings. The fourth-order valence-corrected chi connectivity index (χ4v) is 4.04. The first kappa shape index (κ1) is 23.8. The third-order valence-electron chi connectivity index (χ3n) is 4.81. The number of sulfonamides is 1. The van der Waals surface area contributed by atoms with Crippen molar-refractivity contribution in [3.05, 3.63) is 54.1 Å². The SMILES string of the molecule is CC(C)CC(N)(C(N)=O)[C@H](c1ccc(-c2ccc(S(N)(=O)=O)cc2)cc1)C(F)(F)F. The summed E-state index contributed by atoms with van der Waals surface area (Å²) in [4.78, 5) is 11.9. The predicted octanol–water partition coefficient (Wildman–Crippen LogP) is 2.88. The van der Waals surface area contributed by atoms with E-state index in [0.717, 1.165) is 0 Å². The Bertz CT molecular complexity index is 1000. The first-order chi connectivity index (χ1) is 13.7. The van der Waals surface area contributed by atoms with Crippen molar-refractivity contribution in [2.75, 3.05) is 0 Å². The van der Waals surface area contributed by atoms with Crippen LogP contribution in [0.15, 0.2) is 53.4 Å². The summed E-state index contributed by atoms with van der Waals surface area (Å²) < 4.78 is 64.5. The molecule has 0 saturated carbocycles. The van der Waals surface area contributed by atoms with Gasteiger partial charge in [0.2, 0.25) is 15.9 Å². The average molecular weight is 443 g/mol. The monoisotopic (exact) mass is 443 g/mol. The van der Waals surface area contributed by atoms with E-state index < -0.39 is 33.6 Å². The summed E-state index contributed by atoms with van der Waals surface area (Å²) in [5.41, 5.74) is 9.89. The number of carbonyl (C=O) groups excluding carboxylic acids is 1. The van der Waals surface area contributed by atoms with E-state index in [-0.39, 0.29) is 22.8 Å². The molecule has 0 saturated heterocycles. The number of primary sulfonamides is 1. The Morgan fingerprint density at radius 1 is 0.967 bits per heavy atom. The van der Waals surface area contributed by atoms with Gasteiger partial charge in [0, 0.05) is 0 Å². The van der Waals surface area contributed by atoms with Gasteiger partial charge in [-0.2, -0.15) is 13.2 Å². The molecule has 6 N–H and O–H groups in total. The number of rotatable bonds is 7. The molecule has 0 aliphatic carbocycles. The van der Waals surface area contributed by atoms with E-state index in [1.165, 1.54) is 48.5 Å². The Labute approximate surface area is 173 Å². The van der Waals surface area contributed by atoms with Gasteiger partial charge in [-0.25, -0.2) is 13.6 Å². The molecule has 0 spiro atoms. The van der Waals surface area contributed by atoms with Crippen LogP contribution in [0, 0.1) is 5.92 Å². The maximum absolute atomic E-state index is 13.9. The number of hydrogen-bond acceptors (Lipinski definition) is 4. The van der Waals surface area contributed by atoms with Crippen LogP contribution < -0.4 is 16.6 Å². The first-order valence-electron chi connectivity index (χ1n) is 9.05. The van der Waals surface area contributed by atoms with Gasteiger partial charge in [0.1, 0.15) is 11.5 Å². The molecule has 2 atom stereocenters. The van der Waals surface area contributed by atoms with Crippen LogP contribution in [0.5, 0.6) is 0 Å². The molecule has 1 unspecified atom stereocenters. The quantitative estimate of drug-likeness (QED) is 0.607. The highest BCUT2D eigenvalue weighted by Gasteiger charge is 2.55. The second-order valence-corrected chi connectivity index (χ2v) is 9.23. The Hall–Kier alpha value is -2.43. The number of halogens is 3. The van der Waals surface area contributed by atoms with E-state index in [1.807, 2.05) is 0 Å². The van der Waals surface area contributed by atoms with Crippen molar-refractivity contribution in [1.29, 1.82) is 0 Å². The molecule has 0 radical (unpaired) electrons. The molecule has 164 valence electrons. The van der Waals surface area contributed by atoms with E-state index in [0.29, 0.717) is 11.1 Å². The number of hydrogen-bond donors (Lipinski definition) is 3. The van der Waals surface area contributed by atoms with Gasteiger partial charge in [-0.15, -0.1) is 0 Å². The number of primary amides is 1.